The molecule has 8 fully saturated rings. The molecule has 0 aromatic carbocycles. The van der Waals surface area contributed by atoms with E-state index >= 15 is 0 Å². The third-order valence-corrected chi connectivity index (χ3v) is 11.4. The van der Waals surface area contributed by atoms with E-state index in [1.807, 2.05) is 0 Å². The second-order valence-electron chi connectivity index (χ2n) is 15.6. The summed E-state index contributed by atoms with van der Waals surface area (Å²) in [5.41, 5.74) is -1.71. The van der Waals surface area contributed by atoms with E-state index in [-0.39, 0.29) is 22.9 Å². The number of hydrogen-bond acceptors (Lipinski definition) is 6. The molecule has 8 aliphatic rings. The fourth-order valence-electron chi connectivity index (χ4n) is 10.6. The van der Waals surface area contributed by atoms with Crippen LogP contribution in [0.3, 0.4) is 0 Å². The van der Waals surface area contributed by atoms with Crippen molar-refractivity contribution < 1.29 is 37.0 Å². The first-order valence-electron chi connectivity index (χ1n) is 14.7. The molecule has 0 saturated heterocycles. The molecule has 0 radical (unpaired) electrons. The van der Waals surface area contributed by atoms with Crippen molar-refractivity contribution in [3.63, 3.8) is 0 Å². The van der Waals surface area contributed by atoms with Crippen molar-refractivity contribution in [2.24, 2.45) is 34.5 Å². The van der Waals surface area contributed by atoms with Crippen LogP contribution in [0.2, 0.25) is 19.6 Å². The van der Waals surface area contributed by atoms with Crippen molar-refractivity contribution in [1.29, 1.82) is 0 Å². The smallest absolute Gasteiger partial charge is 0.459 e. The van der Waals surface area contributed by atoms with Gasteiger partial charge in [-0.3, -0.25) is 4.79 Å². The highest BCUT2D eigenvalue weighted by Crippen LogP contribution is 2.65. The SMILES string of the molecule is CC(F)(F)COC(=O)C12CC3CC(CC(OC(=O)OCC45CC6CC(C4)CC(O[Si](C)(C)C)(C6)C5)(C3)C1)C2. The predicted octanol–water partition coefficient (Wildman–Crippen LogP) is 6.87. The summed E-state index contributed by atoms with van der Waals surface area (Å²) in [4.78, 5) is 26.2. The second kappa shape index (κ2) is 8.64. The number of ether oxygens (including phenoxy) is 3. The molecule has 8 saturated carbocycles. The fourth-order valence-corrected chi connectivity index (χ4v) is 12.1. The molecule has 0 N–H and O–H groups in total. The van der Waals surface area contributed by atoms with Gasteiger partial charge < -0.3 is 18.6 Å². The highest BCUT2D eigenvalue weighted by atomic mass is 28.4. The Kier molecular flexibility index (Phi) is 6.13. The van der Waals surface area contributed by atoms with E-state index in [4.69, 9.17) is 18.6 Å². The molecule has 8 aliphatic carbocycles. The summed E-state index contributed by atoms with van der Waals surface area (Å²) in [7, 11) is -1.71. The summed E-state index contributed by atoms with van der Waals surface area (Å²) in [6.45, 7) is 6.97. The van der Waals surface area contributed by atoms with Gasteiger partial charge in [-0.25, -0.2) is 13.6 Å². The van der Waals surface area contributed by atoms with E-state index in [0.717, 1.165) is 45.4 Å². The van der Waals surface area contributed by atoms with E-state index < -0.39 is 44.0 Å². The van der Waals surface area contributed by atoms with Gasteiger partial charge in [0.05, 0.1) is 11.0 Å². The molecule has 0 heterocycles. The molecule has 8 bridgehead atoms. The lowest BCUT2D eigenvalue weighted by molar-refractivity contribution is -0.207. The van der Waals surface area contributed by atoms with Crippen LogP contribution in [0.5, 0.6) is 0 Å². The Morgan fingerprint density at radius 2 is 1.37 bits per heavy atom. The molecule has 8 rings (SSSR count). The van der Waals surface area contributed by atoms with E-state index in [2.05, 4.69) is 19.6 Å². The molecular formula is C29H44F2O6Si. The van der Waals surface area contributed by atoms with Gasteiger partial charge in [0.15, 0.2) is 14.9 Å². The van der Waals surface area contributed by atoms with E-state index in [1.165, 1.54) is 6.42 Å². The Bertz CT molecular complexity index is 959. The van der Waals surface area contributed by atoms with Gasteiger partial charge in [0.25, 0.3) is 5.92 Å². The lowest BCUT2D eigenvalue weighted by Crippen LogP contribution is -2.61. The summed E-state index contributed by atoms with van der Waals surface area (Å²) in [5, 5.41) is 0. The van der Waals surface area contributed by atoms with E-state index in [1.54, 1.807) is 0 Å². The van der Waals surface area contributed by atoms with Gasteiger partial charge in [-0.15, -0.1) is 0 Å². The Hall–Kier alpha value is -1.22. The number of esters is 1. The fraction of sp³-hybridized carbons (Fsp3) is 0.931. The van der Waals surface area contributed by atoms with Crippen LogP contribution in [-0.2, 0) is 23.4 Å². The molecule has 9 heteroatoms. The van der Waals surface area contributed by atoms with Gasteiger partial charge in [-0.05, 0) is 114 Å². The number of carbonyl (C=O) groups is 2. The zero-order valence-electron chi connectivity index (χ0n) is 23.4. The average Bonchev–Trinajstić information content (AvgIpc) is 2.71. The first-order valence-corrected chi connectivity index (χ1v) is 18.1. The number of carbonyl (C=O) groups excluding carboxylic acids is 2. The first kappa shape index (κ1) is 27.0. The zero-order chi connectivity index (χ0) is 27.2. The summed E-state index contributed by atoms with van der Waals surface area (Å²) in [6.07, 6.45) is 10.0. The third kappa shape index (κ3) is 5.15. The van der Waals surface area contributed by atoms with Crippen molar-refractivity contribution >= 4 is 20.4 Å². The Labute approximate surface area is 226 Å². The van der Waals surface area contributed by atoms with Gasteiger partial charge in [0.2, 0.25) is 0 Å². The minimum atomic E-state index is -3.06. The molecule has 0 amide bonds. The van der Waals surface area contributed by atoms with Crippen molar-refractivity contribution in [2.45, 2.75) is 121 Å². The maximum atomic E-state index is 13.4. The normalized spacial score (nSPS) is 44.8. The summed E-state index contributed by atoms with van der Waals surface area (Å²) in [6, 6.07) is 0. The Morgan fingerprint density at radius 1 is 0.816 bits per heavy atom. The predicted molar refractivity (Wildman–Crippen MR) is 138 cm³/mol. The van der Waals surface area contributed by atoms with Crippen LogP contribution in [0.1, 0.15) is 84.0 Å². The number of alkyl halides is 2. The molecule has 4 atom stereocenters. The van der Waals surface area contributed by atoms with Crippen LogP contribution in [-0.4, -0.2) is 50.8 Å². The number of hydrogen-bond donors (Lipinski definition) is 0. The Morgan fingerprint density at radius 3 is 1.92 bits per heavy atom. The Balaban J connectivity index is 1.11. The molecule has 0 aromatic heterocycles. The number of halogens is 2. The van der Waals surface area contributed by atoms with Crippen molar-refractivity contribution in [3.8, 4) is 0 Å². The van der Waals surface area contributed by atoms with Gasteiger partial charge in [-0.2, -0.15) is 0 Å². The summed E-state index contributed by atoms with van der Waals surface area (Å²) < 4.78 is 50.7. The van der Waals surface area contributed by atoms with Crippen molar-refractivity contribution in [3.05, 3.63) is 0 Å². The van der Waals surface area contributed by atoms with Gasteiger partial charge in [0.1, 0.15) is 12.2 Å². The lowest BCUT2D eigenvalue weighted by Gasteiger charge is -2.62. The van der Waals surface area contributed by atoms with Crippen LogP contribution in [0.4, 0.5) is 13.6 Å². The topological polar surface area (TPSA) is 71.1 Å². The maximum absolute atomic E-state index is 13.4. The van der Waals surface area contributed by atoms with Gasteiger partial charge >= 0.3 is 12.1 Å². The van der Waals surface area contributed by atoms with E-state index in [0.29, 0.717) is 50.5 Å². The zero-order valence-corrected chi connectivity index (χ0v) is 24.4. The quantitative estimate of drug-likeness (QED) is 0.241. The third-order valence-electron chi connectivity index (χ3n) is 10.3. The number of rotatable bonds is 8. The minimum absolute atomic E-state index is 0.0410. The largest absolute Gasteiger partial charge is 0.508 e. The molecule has 214 valence electrons. The molecule has 38 heavy (non-hydrogen) atoms. The molecule has 4 unspecified atom stereocenters. The molecule has 0 spiro atoms. The van der Waals surface area contributed by atoms with Gasteiger partial charge in [0, 0.05) is 18.8 Å². The first-order chi connectivity index (χ1) is 17.6. The summed E-state index contributed by atoms with van der Waals surface area (Å²) in [5.74, 6) is -1.88. The van der Waals surface area contributed by atoms with Crippen LogP contribution >= 0.6 is 0 Å². The van der Waals surface area contributed by atoms with Crippen LogP contribution in [0.15, 0.2) is 0 Å². The van der Waals surface area contributed by atoms with Crippen LogP contribution in [0, 0.1) is 34.5 Å². The second-order valence-corrected chi connectivity index (χ2v) is 20.0. The average molecular weight is 555 g/mol. The molecular weight excluding hydrogens is 510 g/mol. The maximum Gasteiger partial charge on any atom is 0.508 e. The van der Waals surface area contributed by atoms with E-state index in [9.17, 15) is 18.4 Å². The minimum Gasteiger partial charge on any atom is -0.459 e. The van der Waals surface area contributed by atoms with Crippen LogP contribution < -0.4 is 0 Å². The highest BCUT2D eigenvalue weighted by Gasteiger charge is 2.64. The molecule has 6 nitrogen and oxygen atoms in total. The molecule has 0 aromatic rings. The monoisotopic (exact) mass is 554 g/mol. The van der Waals surface area contributed by atoms with Gasteiger partial charge in [-0.1, -0.05) is 0 Å². The lowest BCUT2D eigenvalue weighted by atomic mass is 9.48. The van der Waals surface area contributed by atoms with Crippen molar-refractivity contribution in [1.82, 2.24) is 0 Å². The summed E-state index contributed by atoms with van der Waals surface area (Å²) >= 11 is 0. The molecule has 0 aliphatic heterocycles. The van der Waals surface area contributed by atoms with Crippen LogP contribution in [0.25, 0.3) is 0 Å². The standard InChI is InChI=1S/C29H44F2O6Si/c1-25(30,31)17-34-23(32)27-9-21-6-22(10-27)12-28(11-21,16-27)36-24(33)35-18-26-7-19-5-20(8-26)14-29(13-19,15-26)37-38(2,3)4/h19-22H,5-18H2,1-4H3. The van der Waals surface area contributed by atoms with Crippen molar-refractivity contribution in [2.75, 3.05) is 13.2 Å². The highest BCUT2D eigenvalue weighted by molar-refractivity contribution is 6.69.